The van der Waals surface area contributed by atoms with Crippen LogP contribution in [0.1, 0.15) is 43.7 Å². The van der Waals surface area contributed by atoms with E-state index in [1.54, 1.807) is 6.92 Å². The van der Waals surface area contributed by atoms with E-state index >= 15 is 0 Å². The summed E-state index contributed by atoms with van der Waals surface area (Å²) in [5.41, 5.74) is 9.75. The normalized spacial score (nSPS) is 17.9. The number of likely N-dealkylation sites (tertiary alicyclic amines) is 1. The lowest BCUT2D eigenvalue weighted by atomic mass is 9.88. The van der Waals surface area contributed by atoms with Crippen LogP contribution in [-0.2, 0) is 11.2 Å². The van der Waals surface area contributed by atoms with Gasteiger partial charge in [0.1, 0.15) is 0 Å². The Bertz CT molecular complexity index is 666. The minimum absolute atomic E-state index is 0.0747. The smallest absolute Gasteiger partial charge is 0.239 e. The molecule has 3 rings (SSSR count). The number of benzene rings is 1. The highest BCUT2D eigenvalue weighted by Crippen LogP contribution is 2.34. The first-order chi connectivity index (χ1) is 10.6. The molecule has 1 aromatic heterocycles. The fourth-order valence-corrected chi connectivity index (χ4v) is 3.57. The second-order valence-electron chi connectivity index (χ2n) is 6.33. The van der Waals surface area contributed by atoms with Gasteiger partial charge in [0.2, 0.25) is 5.91 Å². The van der Waals surface area contributed by atoms with Gasteiger partial charge in [-0.25, -0.2) is 0 Å². The Hall–Kier alpha value is -1.81. The highest BCUT2D eigenvalue weighted by molar-refractivity contribution is 5.86. The maximum absolute atomic E-state index is 12.0. The first kappa shape index (κ1) is 15.1. The van der Waals surface area contributed by atoms with Crippen molar-refractivity contribution >= 4 is 16.8 Å². The number of aromatic nitrogens is 1. The Morgan fingerprint density at radius 1 is 1.41 bits per heavy atom. The lowest BCUT2D eigenvalue weighted by Crippen LogP contribution is -2.45. The third kappa shape index (κ3) is 2.63. The zero-order chi connectivity index (χ0) is 15.7. The number of hydrogen-bond donors (Lipinski definition) is 2. The molecule has 1 atom stereocenters. The summed E-state index contributed by atoms with van der Waals surface area (Å²) >= 11 is 0. The second kappa shape index (κ2) is 6.13. The van der Waals surface area contributed by atoms with E-state index < -0.39 is 6.04 Å². The SMILES string of the molecule is CCc1cccc2c(C3CCN(C(=O)C(C)N)CC3)c[nH]c12. The van der Waals surface area contributed by atoms with Crippen LogP contribution in [0.25, 0.3) is 10.9 Å². The van der Waals surface area contributed by atoms with Crippen LogP contribution in [0.4, 0.5) is 0 Å². The minimum Gasteiger partial charge on any atom is -0.361 e. The van der Waals surface area contributed by atoms with Gasteiger partial charge >= 0.3 is 0 Å². The summed E-state index contributed by atoms with van der Waals surface area (Å²) in [5, 5.41) is 1.34. The van der Waals surface area contributed by atoms with E-state index in [1.165, 1.54) is 22.0 Å². The number of H-pyrrole nitrogens is 1. The zero-order valence-electron chi connectivity index (χ0n) is 13.4. The molecule has 1 saturated heterocycles. The molecule has 0 radical (unpaired) electrons. The number of piperidine rings is 1. The lowest BCUT2D eigenvalue weighted by Gasteiger charge is -2.33. The maximum Gasteiger partial charge on any atom is 0.239 e. The van der Waals surface area contributed by atoms with Crippen molar-refractivity contribution in [3.05, 3.63) is 35.5 Å². The molecular weight excluding hydrogens is 274 g/mol. The average molecular weight is 299 g/mol. The second-order valence-corrected chi connectivity index (χ2v) is 6.33. The lowest BCUT2D eigenvalue weighted by molar-refractivity contribution is -0.133. The van der Waals surface area contributed by atoms with Crippen molar-refractivity contribution in [3.63, 3.8) is 0 Å². The molecule has 0 saturated carbocycles. The minimum atomic E-state index is -0.392. The predicted octanol–water partition coefficient (Wildman–Crippen LogP) is 2.78. The fraction of sp³-hybridized carbons (Fsp3) is 0.500. The Labute approximate surface area is 131 Å². The number of rotatable bonds is 3. The zero-order valence-corrected chi connectivity index (χ0v) is 13.4. The number of aromatic amines is 1. The number of hydrogen-bond acceptors (Lipinski definition) is 2. The molecule has 1 unspecified atom stereocenters. The first-order valence-electron chi connectivity index (χ1n) is 8.25. The number of nitrogens with two attached hydrogens (primary N) is 1. The Kier molecular flexibility index (Phi) is 4.21. The largest absolute Gasteiger partial charge is 0.361 e. The molecular formula is C18H25N3O. The monoisotopic (exact) mass is 299 g/mol. The van der Waals surface area contributed by atoms with Crippen molar-refractivity contribution in [2.24, 2.45) is 5.73 Å². The summed E-state index contributed by atoms with van der Waals surface area (Å²) in [6, 6.07) is 6.15. The number of nitrogens with one attached hydrogen (secondary N) is 1. The number of fused-ring (bicyclic) bond motifs is 1. The van der Waals surface area contributed by atoms with Gasteiger partial charge in [-0.05, 0) is 43.2 Å². The molecule has 1 amide bonds. The van der Waals surface area contributed by atoms with Gasteiger partial charge in [-0.15, -0.1) is 0 Å². The number of amides is 1. The predicted molar refractivity (Wildman–Crippen MR) is 89.9 cm³/mol. The third-order valence-corrected chi connectivity index (χ3v) is 4.85. The Morgan fingerprint density at radius 2 is 2.14 bits per heavy atom. The summed E-state index contributed by atoms with van der Waals surface area (Å²) < 4.78 is 0. The van der Waals surface area contributed by atoms with E-state index in [-0.39, 0.29) is 5.91 Å². The highest BCUT2D eigenvalue weighted by Gasteiger charge is 2.26. The van der Waals surface area contributed by atoms with E-state index in [1.807, 2.05) is 4.90 Å². The van der Waals surface area contributed by atoms with Crippen LogP contribution < -0.4 is 5.73 Å². The number of nitrogens with zero attached hydrogens (tertiary/aromatic N) is 1. The molecule has 0 bridgehead atoms. The molecule has 1 aliphatic heterocycles. The molecule has 2 aromatic rings. The fourth-order valence-electron chi connectivity index (χ4n) is 3.57. The standard InChI is InChI=1S/C18H25N3O/c1-3-13-5-4-6-15-16(11-20-17(13)15)14-7-9-21(10-8-14)18(22)12(2)19/h4-6,11-12,14,20H,3,7-10,19H2,1-2H3. The third-order valence-electron chi connectivity index (χ3n) is 4.85. The van der Waals surface area contributed by atoms with E-state index in [2.05, 4.69) is 36.3 Å². The van der Waals surface area contributed by atoms with E-state index in [9.17, 15) is 4.79 Å². The summed E-state index contributed by atoms with van der Waals surface area (Å²) in [6.07, 6.45) is 5.24. The average Bonchev–Trinajstić information content (AvgIpc) is 2.98. The van der Waals surface area contributed by atoms with Crippen LogP contribution in [0.15, 0.2) is 24.4 Å². The van der Waals surface area contributed by atoms with Crippen LogP contribution >= 0.6 is 0 Å². The molecule has 22 heavy (non-hydrogen) atoms. The molecule has 118 valence electrons. The van der Waals surface area contributed by atoms with Gasteiger partial charge in [-0.1, -0.05) is 25.1 Å². The van der Waals surface area contributed by atoms with Crippen LogP contribution in [0.3, 0.4) is 0 Å². The number of carbonyl (C=O) groups is 1. The van der Waals surface area contributed by atoms with E-state index in [0.29, 0.717) is 5.92 Å². The van der Waals surface area contributed by atoms with E-state index in [0.717, 1.165) is 32.4 Å². The van der Waals surface area contributed by atoms with Crippen molar-refractivity contribution in [3.8, 4) is 0 Å². The van der Waals surface area contributed by atoms with Gasteiger partial charge in [0.15, 0.2) is 0 Å². The van der Waals surface area contributed by atoms with Gasteiger partial charge in [0, 0.05) is 30.2 Å². The van der Waals surface area contributed by atoms with Gasteiger partial charge in [0.25, 0.3) is 0 Å². The molecule has 1 fully saturated rings. The van der Waals surface area contributed by atoms with Gasteiger partial charge < -0.3 is 15.6 Å². The van der Waals surface area contributed by atoms with Crippen molar-refractivity contribution in [1.29, 1.82) is 0 Å². The van der Waals surface area contributed by atoms with Crippen molar-refractivity contribution in [1.82, 2.24) is 9.88 Å². The number of aryl methyl sites for hydroxylation is 1. The number of para-hydroxylation sites is 1. The van der Waals surface area contributed by atoms with Gasteiger partial charge in [-0.3, -0.25) is 4.79 Å². The molecule has 3 N–H and O–H groups in total. The molecule has 4 nitrogen and oxygen atoms in total. The molecule has 0 spiro atoms. The van der Waals surface area contributed by atoms with Gasteiger partial charge in [-0.2, -0.15) is 0 Å². The Balaban J connectivity index is 1.78. The van der Waals surface area contributed by atoms with Gasteiger partial charge in [0.05, 0.1) is 6.04 Å². The van der Waals surface area contributed by atoms with Crippen LogP contribution in [0, 0.1) is 0 Å². The quantitative estimate of drug-likeness (QED) is 0.915. The maximum atomic E-state index is 12.0. The summed E-state index contributed by atoms with van der Waals surface area (Å²) in [5.74, 6) is 0.601. The highest BCUT2D eigenvalue weighted by atomic mass is 16.2. The summed E-state index contributed by atoms with van der Waals surface area (Å²) in [4.78, 5) is 17.3. The van der Waals surface area contributed by atoms with Crippen LogP contribution in [0.5, 0.6) is 0 Å². The van der Waals surface area contributed by atoms with Crippen LogP contribution in [-0.4, -0.2) is 34.9 Å². The summed E-state index contributed by atoms with van der Waals surface area (Å²) in [7, 11) is 0. The van der Waals surface area contributed by atoms with Crippen molar-refractivity contribution in [2.45, 2.75) is 45.1 Å². The molecule has 0 aliphatic carbocycles. The van der Waals surface area contributed by atoms with Crippen molar-refractivity contribution in [2.75, 3.05) is 13.1 Å². The Morgan fingerprint density at radius 3 is 2.77 bits per heavy atom. The number of carbonyl (C=O) groups excluding carboxylic acids is 1. The molecule has 2 heterocycles. The summed E-state index contributed by atoms with van der Waals surface area (Å²) in [6.45, 7) is 5.57. The first-order valence-corrected chi connectivity index (χ1v) is 8.25. The van der Waals surface area contributed by atoms with Crippen molar-refractivity contribution < 1.29 is 4.79 Å². The topological polar surface area (TPSA) is 62.1 Å². The molecule has 4 heteroatoms. The van der Waals surface area contributed by atoms with Crippen LogP contribution in [0.2, 0.25) is 0 Å². The molecule has 1 aromatic carbocycles. The van der Waals surface area contributed by atoms with E-state index in [4.69, 9.17) is 5.73 Å². The molecule has 1 aliphatic rings.